The summed E-state index contributed by atoms with van der Waals surface area (Å²) in [6.07, 6.45) is 3.37. The largest absolute Gasteiger partial charge is 0.497 e. The van der Waals surface area contributed by atoms with Crippen LogP contribution in [0.5, 0.6) is 11.5 Å². The molecule has 0 atom stereocenters. The molecule has 3 rings (SSSR count). The number of methoxy groups -OCH3 is 1. The molecule has 0 radical (unpaired) electrons. The van der Waals surface area contributed by atoms with E-state index in [1.165, 1.54) is 7.11 Å². The van der Waals surface area contributed by atoms with Crippen LogP contribution in [0, 0.1) is 0 Å². The summed E-state index contributed by atoms with van der Waals surface area (Å²) < 4.78 is 10.6. The molecule has 1 aliphatic heterocycles. The SMILES string of the molecule is C=CCOc1ccc(/C=C2\SC(=O)N(c3cccc(OC)c3)C2=O)cc1. The van der Waals surface area contributed by atoms with Crippen molar-refractivity contribution in [1.29, 1.82) is 0 Å². The number of anilines is 1. The molecule has 1 heterocycles. The molecule has 26 heavy (non-hydrogen) atoms. The summed E-state index contributed by atoms with van der Waals surface area (Å²) in [5.74, 6) is 0.951. The molecule has 132 valence electrons. The Hall–Kier alpha value is -2.99. The fourth-order valence-corrected chi connectivity index (χ4v) is 3.25. The van der Waals surface area contributed by atoms with Gasteiger partial charge in [-0.2, -0.15) is 0 Å². The molecule has 0 aromatic heterocycles. The summed E-state index contributed by atoms with van der Waals surface area (Å²) in [6, 6.07) is 14.1. The maximum Gasteiger partial charge on any atom is 0.298 e. The van der Waals surface area contributed by atoms with Gasteiger partial charge in [-0.3, -0.25) is 9.59 Å². The van der Waals surface area contributed by atoms with E-state index in [1.54, 1.807) is 36.4 Å². The number of rotatable bonds is 6. The molecule has 0 bridgehead atoms. The zero-order valence-electron chi connectivity index (χ0n) is 14.2. The smallest absolute Gasteiger partial charge is 0.298 e. The number of imide groups is 1. The van der Waals surface area contributed by atoms with Gasteiger partial charge in [-0.1, -0.05) is 30.9 Å². The van der Waals surface area contributed by atoms with E-state index in [1.807, 2.05) is 24.3 Å². The first-order chi connectivity index (χ1) is 12.6. The number of hydrogen-bond donors (Lipinski definition) is 0. The van der Waals surface area contributed by atoms with Crippen LogP contribution < -0.4 is 14.4 Å². The minimum atomic E-state index is -0.347. The Morgan fingerprint density at radius 2 is 1.88 bits per heavy atom. The van der Waals surface area contributed by atoms with Crippen LogP contribution in [-0.2, 0) is 4.79 Å². The number of ether oxygens (including phenoxy) is 2. The van der Waals surface area contributed by atoms with Crippen LogP contribution in [-0.4, -0.2) is 24.9 Å². The summed E-state index contributed by atoms with van der Waals surface area (Å²) >= 11 is 0.916. The molecule has 0 saturated carbocycles. The zero-order chi connectivity index (χ0) is 18.5. The molecule has 2 aromatic carbocycles. The van der Waals surface area contributed by atoms with Crippen molar-refractivity contribution < 1.29 is 19.1 Å². The number of hydrogen-bond acceptors (Lipinski definition) is 5. The van der Waals surface area contributed by atoms with E-state index in [0.29, 0.717) is 28.7 Å². The highest BCUT2D eigenvalue weighted by atomic mass is 32.2. The van der Waals surface area contributed by atoms with E-state index >= 15 is 0 Å². The topological polar surface area (TPSA) is 55.8 Å². The number of carbonyl (C=O) groups is 2. The lowest BCUT2D eigenvalue weighted by Crippen LogP contribution is -2.27. The van der Waals surface area contributed by atoms with Crippen molar-refractivity contribution >= 4 is 34.7 Å². The summed E-state index contributed by atoms with van der Waals surface area (Å²) in [5, 5.41) is -0.333. The fraction of sp³-hybridized carbons (Fsp3) is 0.100. The lowest BCUT2D eigenvalue weighted by molar-refractivity contribution is -0.113. The van der Waals surface area contributed by atoms with Gasteiger partial charge in [-0.25, -0.2) is 4.90 Å². The predicted octanol–water partition coefficient (Wildman–Crippen LogP) is 4.50. The van der Waals surface area contributed by atoms with Gasteiger partial charge in [-0.05, 0) is 47.7 Å². The van der Waals surface area contributed by atoms with Crippen molar-refractivity contribution in [1.82, 2.24) is 0 Å². The average molecular weight is 367 g/mol. The molecular formula is C20H17NO4S. The summed E-state index contributed by atoms with van der Waals surface area (Å²) in [4.78, 5) is 26.5. The van der Waals surface area contributed by atoms with Gasteiger partial charge in [-0.15, -0.1) is 0 Å². The highest BCUT2D eigenvalue weighted by Crippen LogP contribution is 2.36. The maximum atomic E-state index is 12.7. The quantitative estimate of drug-likeness (QED) is 0.556. The first-order valence-corrected chi connectivity index (χ1v) is 8.70. The molecule has 1 aliphatic rings. The minimum absolute atomic E-state index is 0.333. The van der Waals surface area contributed by atoms with Crippen LogP contribution in [0.2, 0.25) is 0 Å². The molecule has 1 saturated heterocycles. The molecule has 0 N–H and O–H groups in total. The van der Waals surface area contributed by atoms with Gasteiger partial charge < -0.3 is 9.47 Å². The summed E-state index contributed by atoms with van der Waals surface area (Å²) in [7, 11) is 1.54. The molecular weight excluding hydrogens is 350 g/mol. The Kier molecular flexibility index (Phi) is 5.43. The Morgan fingerprint density at radius 3 is 2.58 bits per heavy atom. The fourth-order valence-electron chi connectivity index (χ4n) is 2.41. The van der Waals surface area contributed by atoms with Crippen LogP contribution in [0.1, 0.15) is 5.56 Å². The Bertz CT molecular complexity index is 874. The van der Waals surface area contributed by atoms with Gasteiger partial charge in [0.15, 0.2) is 0 Å². The van der Waals surface area contributed by atoms with Crippen LogP contribution >= 0.6 is 11.8 Å². The van der Waals surface area contributed by atoms with E-state index in [-0.39, 0.29) is 11.1 Å². The Morgan fingerprint density at radius 1 is 1.12 bits per heavy atom. The standard InChI is InChI=1S/C20H17NO4S/c1-3-11-25-16-9-7-14(8-10-16)12-18-19(22)21(20(23)26-18)15-5-4-6-17(13-15)24-2/h3-10,12-13H,1,11H2,2H3/b18-12-. The number of thioether (sulfide) groups is 1. The van der Waals surface area contributed by atoms with Crippen LogP contribution in [0.25, 0.3) is 6.08 Å². The van der Waals surface area contributed by atoms with Gasteiger partial charge >= 0.3 is 0 Å². The Labute approximate surface area is 155 Å². The highest BCUT2D eigenvalue weighted by Gasteiger charge is 2.36. The molecule has 1 fully saturated rings. The maximum absolute atomic E-state index is 12.7. The van der Waals surface area contributed by atoms with E-state index in [0.717, 1.165) is 22.2 Å². The van der Waals surface area contributed by atoms with Crippen molar-refractivity contribution in [3.05, 3.63) is 71.7 Å². The first kappa shape index (κ1) is 17.8. The lowest BCUT2D eigenvalue weighted by Gasteiger charge is -2.13. The second-order valence-electron chi connectivity index (χ2n) is 5.39. The van der Waals surface area contributed by atoms with Gasteiger partial charge in [0.1, 0.15) is 18.1 Å². The van der Waals surface area contributed by atoms with Gasteiger partial charge in [0, 0.05) is 6.07 Å². The highest BCUT2D eigenvalue weighted by molar-refractivity contribution is 8.19. The summed E-state index contributed by atoms with van der Waals surface area (Å²) in [5.41, 5.74) is 1.30. The van der Waals surface area contributed by atoms with Gasteiger partial charge in [0.25, 0.3) is 11.1 Å². The molecule has 2 amide bonds. The van der Waals surface area contributed by atoms with E-state index < -0.39 is 0 Å². The van der Waals surface area contributed by atoms with Crippen molar-refractivity contribution in [3.8, 4) is 11.5 Å². The van der Waals surface area contributed by atoms with E-state index in [9.17, 15) is 9.59 Å². The van der Waals surface area contributed by atoms with Crippen molar-refractivity contribution in [2.75, 3.05) is 18.6 Å². The normalized spacial score (nSPS) is 15.4. The zero-order valence-corrected chi connectivity index (χ0v) is 15.0. The van der Waals surface area contributed by atoms with Crippen LogP contribution in [0.4, 0.5) is 10.5 Å². The summed E-state index contributed by atoms with van der Waals surface area (Å²) in [6.45, 7) is 4.03. The minimum Gasteiger partial charge on any atom is -0.497 e. The van der Waals surface area contributed by atoms with E-state index in [4.69, 9.17) is 9.47 Å². The number of amides is 2. The molecule has 6 heteroatoms. The number of benzene rings is 2. The molecule has 5 nitrogen and oxygen atoms in total. The average Bonchev–Trinajstić information content (AvgIpc) is 2.94. The third-order valence-corrected chi connectivity index (χ3v) is 4.52. The third kappa shape index (κ3) is 3.81. The molecule has 0 aliphatic carbocycles. The molecule has 0 unspecified atom stereocenters. The number of nitrogens with zero attached hydrogens (tertiary/aromatic N) is 1. The van der Waals surface area contributed by atoms with Crippen LogP contribution in [0.15, 0.2) is 66.1 Å². The second kappa shape index (κ2) is 7.93. The van der Waals surface area contributed by atoms with Crippen molar-refractivity contribution in [2.24, 2.45) is 0 Å². The monoisotopic (exact) mass is 367 g/mol. The third-order valence-electron chi connectivity index (χ3n) is 3.65. The van der Waals surface area contributed by atoms with E-state index in [2.05, 4.69) is 6.58 Å². The van der Waals surface area contributed by atoms with Crippen LogP contribution in [0.3, 0.4) is 0 Å². The molecule has 0 spiro atoms. The van der Waals surface area contributed by atoms with Gasteiger partial charge in [0.2, 0.25) is 0 Å². The molecule has 2 aromatic rings. The van der Waals surface area contributed by atoms with Crippen molar-refractivity contribution in [2.45, 2.75) is 0 Å². The van der Waals surface area contributed by atoms with Crippen molar-refractivity contribution in [3.63, 3.8) is 0 Å². The van der Waals surface area contributed by atoms with Gasteiger partial charge in [0.05, 0.1) is 17.7 Å². The second-order valence-corrected chi connectivity index (χ2v) is 6.38. The lowest BCUT2D eigenvalue weighted by atomic mass is 10.2. The first-order valence-electron chi connectivity index (χ1n) is 7.88. The Balaban J connectivity index is 1.81. The predicted molar refractivity (Wildman–Crippen MR) is 104 cm³/mol. The number of carbonyl (C=O) groups excluding carboxylic acids is 2.